The first-order valence-corrected chi connectivity index (χ1v) is 9.34. The van der Waals surface area contributed by atoms with Crippen molar-refractivity contribution in [3.05, 3.63) is 100 Å². The van der Waals surface area contributed by atoms with Gasteiger partial charge in [-0.2, -0.15) is 0 Å². The van der Waals surface area contributed by atoms with Crippen LogP contribution in [0.15, 0.2) is 72.8 Å². The molecule has 1 heterocycles. The minimum absolute atomic E-state index is 0.136. The first-order valence-electron chi connectivity index (χ1n) is 8.96. The van der Waals surface area contributed by atoms with Gasteiger partial charge in [0, 0.05) is 11.8 Å². The van der Waals surface area contributed by atoms with Gasteiger partial charge in [-0.15, -0.1) is 0 Å². The molecule has 1 N–H and O–H groups in total. The van der Waals surface area contributed by atoms with Gasteiger partial charge in [0.25, 0.3) is 11.8 Å². The van der Waals surface area contributed by atoms with Gasteiger partial charge in [-0.3, -0.25) is 14.4 Å². The Kier molecular flexibility index (Phi) is 5.16. The highest BCUT2D eigenvalue weighted by Crippen LogP contribution is 2.34. The zero-order valence-electron chi connectivity index (χ0n) is 15.4. The maximum absolute atomic E-state index is 13.2. The van der Waals surface area contributed by atoms with Crippen molar-refractivity contribution in [3.63, 3.8) is 0 Å². The van der Waals surface area contributed by atoms with Crippen LogP contribution in [-0.2, 0) is 4.79 Å². The number of hydrogen-bond donors (Lipinski definition) is 1. The minimum atomic E-state index is -0.452. The number of imide groups is 1. The van der Waals surface area contributed by atoms with Gasteiger partial charge in [0.1, 0.15) is 5.82 Å². The van der Waals surface area contributed by atoms with Gasteiger partial charge in [-0.05, 0) is 54.1 Å². The molecule has 0 saturated heterocycles. The smallest absolute Gasteiger partial charge is 0.266 e. The molecule has 148 valence electrons. The van der Waals surface area contributed by atoms with Crippen LogP contribution in [0.5, 0.6) is 0 Å². The Labute approximate surface area is 176 Å². The first-order chi connectivity index (χ1) is 14.4. The zero-order valence-corrected chi connectivity index (χ0v) is 16.2. The summed E-state index contributed by atoms with van der Waals surface area (Å²) in [5.41, 5.74) is 1.80. The molecule has 0 fully saturated rings. The summed E-state index contributed by atoms with van der Waals surface area (Å²) < 4.78 is 13.2. The topological polar surface area (TPSA) is 66.5 Å². The number of anilines is 2. The molecule has 3 aromatic rings. The van der Waals surface area contributed by atoms with Gasteiger partial charge in [0.15, 0.2) is 0 Å². The van der Waals surface area contributed by atoms with E-state index < -0.39 is 23.5 Å². The lowest BCUT2D eigenvalue weighted by Crippen LogP contribution is -2.29. The number of carbonyl (C=O) groups is 3. The van der Waals surface area contributed by atoms with E-state index >= 15 is 0 Å². The molecule has 0 atom stereocenters. The van der Waals surface area contributed by atoms with Crippen LogP contribution in [0.2, 0.25) is 5.02 Å². The number of nitrogens with one attached hydrogen (secondary N) is 1. The molecule has 1 aliphatic heterocycles. The second-order valence-corrected chi connectivity index (χ2v) is 6.94. The quantitative estimate of drug-likeness (QED) is 0.480. The molecule has 3 aromatic carbocycles. The molecule has 0 aromatic heterocycles. The van der Waals surface area contributed by atoms with Crippen LogP contribution in [0, 0.1) is 5.82 Å². The van der Waals surface area contributed by atoms with E-state index in [0.29, 0.717) is 22.4 Å². The van der Waals surface area contributed by atoms with Crippen molar-refractivity contribution in [1.29, 1.82) is 0 Å². The Morgan fingerprint density at radius 3 is 2.27 bits per heavy atom. The molecule has 1 aliphatic rings. The lowest BCUT2D eigenvalue weighted by atomic mass is 10.1. The van der Waals surface area contributed by atoms with Crippen LogP contribution in [0.1, 0.15) is 26.3 Å². The zero-order chi connectivity index (χ0) is 21.3. The summed E-state index contributed by atoms with van der Waals surface area (Å²) in [4.78, 5) is 38.4. The first kappa shape index (κ1) is 19.5. The van der Waals surface area contributed by atoms with E-state index in [4.69, 9.17) is 11.6 Å². The van der Waals surface area contributed by atoms with Gasteiger partial charge in [0.05, 0.1) is 21.8 Å². The van der Waals surface area contributed by atoms with Crippen LogP contribution in [0.25, 0.3) is 6.08 Å². The van der Waals surface area contributed by atoms with Crippen LogP contribution in [-0.4, -0.2) is 17.7 Å². The van der Waals surface area contributed by atoms with E-state index in [1.54, 1.807) is 42.5 Å². The van der Waals surface area contributed by atoms with Crippen LogP contribution in [0.4, 0.5) is 15.8 Å². The summed E-state index contributed by atoms with van der Waals surface area (Å²) in [6, 6.07) is 16.9. The van der Waals surface area contributed by atoms with E-state index in [1.807, 2.05) is 0 Å². The summed E-state index contributed by atoms with van der Waals surface area (Å²) >= 11 is 6.30. The van der Waals surface area contributed by atoms with Gasteiger partial charge in [-0.25, -0.2) is 9.29 Å². The van der Waals surface area contributed by atoms with Crippen molar-refractivity contribution in [1.82, 2.24) is 0 Å². The highest BCUT2D eigenvalue weighted by Gasteiger charge is 2.37. The summed E-state index contributed by atoms with van der Waals surface area (Å²) in [7, 11) is 0. The highest BCUT2D eigenvalue weighted by atomic mass is 35.5. The van der Waals surface area contributed by atoms with Gasteiger partial charge >= 0.3 is 0 Å². The predicted molar refractivity (Wildman–Crippen MR) is 113 cm³/mol. The fourth-order valence-corrected chi connectivity index (χ4v) is 3.41. The third kappa shape index (κ3) is 3.73. The molecule has 0 aliphatic carbocycles. The predicted octanol–water partition coefficient (Wildman–Crippen LogP) is 4.93. The molecule has 5 nitrogen and oxygen atoms in total. The molecule has 4 rings (SSSR count). The summed E-state index contributed by atoms with van der Waals surface area (Å²) in [5.74, 6) is -1.74. The third-order valence-electron chi connectivity index (χ3n) is 4.53. The van der Waals surface area contributed by atoms with Crippen molar-refractivity contribution >= 4 is 46.8 Å². The number of amides is 3. The molecule has 0 saturated carbocycles. The Balaban J connectivity index is 1.51. The molecule has 0 radical (unpaired) electrons. The van der Waals surface area contributed by atoms with E-state index in [0.717, 1.165) is 4.90 Å². The van der Waals surface area contributed by atoms with Gasteiger partial charge in [-0.1, -0.05) is 35.9 Å². The Morgan fingerprint density at radius 1 is 0.933 bits per heavy atom. The third-order valence-corrected chi connectivity index (χ3v) is 4.83. The lowest BCUT2D eigenvalue weighted by Gasteiger charge is -2.16. The van der Waals surface area contributed by atoms with Crippen molar-refractivity contribution in [2.45, 2.75) is 0 Å². The second-order valence-electron chi connectivity index (χ2n) is 6.54. The number of rotatable bonds is 4. The van der Waals surface area contributed by atoms with E-state index in [2.05, 4.69) is 5.32 Å². The number of benzene rings is 3. The van der Waals surface area contributed by atoms with E-state index in [1.165, 1.54) is 36.4 Å². The number of hydrogen-bond acceptors (Lipinski definition) is 3. The number of nitrogens with zero attached hydrogens (tertiary/aromatic N) is 1. The van der Waals surface area contributed by atoms with E-state index in [-0.39, 0.29) is 10.7 Å². The number of carbonyl (C=O) groups excluding carboxylic acids is 3. The van der Waals surface area contributed by atoms with Crippen molar-refractivity contribution < 1.29 is 18.8 Å². The molecule has 3 amide bonds. The average molecular weight is 421 g/mol. The maximum Gasteiger partial charge on any atom is 0.266 e. The van der Waals surface area contributed by atoms with Crippen LogP contribution >= 0.6 is 11.6 Å². The second kappa shape index (κ2) is 7.93. The van der Waals surface area contributed by atoms with Crippen molar-refractivity contribution in [3.8, 4) is 0 Å². The largest absolute Gasteiger partial charge is 0.322 e. The lowest BCUT2D eigenvalue weighted by molar-refractivity contribution is -0.111. The maximum atomic E-state index is 13.2. The molecular formula is C23H14ClFN2O3. The van der Waals surface area contributed by atoms with Gasteiger partial charge < -0.3 is 5.32 Å². The van der Waals surface area contributed by atoms with E-state index in [9.17, 15) is 18.8 Å². The fraction of sp³-hybridized carbons (Fsp3) is 0. The Hall–Kier alpha value is -3.77. The van der Waals surface area contributed by atoms with Gasteiger partial charge in [0.2, 0.25) is 5.91 Å². The molecule has 0 spiro atoms. The van der Waals surface area contributed by atoms with Crippen LogP contribution < -0.4 is 10.2 Å². The Morgan fingerprint density at radius 2 is 1.63 bits per heavy atom. The van der Waals surface area contributed by atoms with Crippen molar-refractivity contribution in [2.24, 2.45) is 0 Å². The molecular weight excluding hydrogens is 407 g/mol. The molecule has 0 unspecified atom stereocenters. The average Bonchev–Trinajstić information content (AvgIpc) is 2.98. The van der Waals surface area contributed by atoms with Crippen molar-refractivity contribution in [2.75, 3.05) is 10.2 Å². The summed E-state index contributed by atoms with van der Waals surface area (Å²) in [6.45, 7) is 0. The number of fused-ring (bicyclic) bond motifs is 1. The number of halogens is 2. The molecule has 30 heavy (non-hydrogen) atoms. The molecule has 7 heteroatoms. The fourth-order valence-electron chi connectivity index (χ4n) is 3.14. The molecule has 0 bridgehead atoms. The minimum Gasteiger partial charge on any atom is -0.322 e. The SMILES string of the molecule is O=C(/C=C/c1cccc(F)c1)Nc1ccc(N2C(=O)c3ccccc3C2=O)c(Cl)c1. The highest BCUT2D eigenvalue weighted by molar-refractivity contribution is 6.40. The summed E-state index contributed by atoms with van der Waals surface area (Å²) in [6.07, 6.45) is 2.74. The monoisotopic (exact) mass is 420 g/mol. The van der Waals surface area contributed by atoms with Crippen LogP contribution in [0.3, 0.4) is 0 Å². The Bertz CT molecular complexity index is 1190. The normalized spacial score (nSPS) is 13.1. The summed E-state index contributed by atoms with van der Waals surface area (Å²) in [5, 5.41) is 2.77. The standard InChI is InChI=1S/C23H14ClFN2O3/c24-19-13-16(26-21(28)11-8-14-4-3-5-15(25)12-14)9-10-20(19)27-22(29)17-6-1-2-7-18(17)23(27)30/h1-13H,(H,26,28)/b11-8+.